The van der Waals surface area contributed by atoms with Gasteiger partial charge in [-0.2, -0.15) is 5.10 Å². The molecule has 0 amide bonds. The molecule has 90 valence electrons. The average molecular weight is 250 g/mol. The molecule has 0 aliphatic carbocycles. The van der Waals surface area contributed by atoms with Crippen LogP contribution in [0.2, 0.25) is 0 Å². The molecule has 2 heterocycles. The van der Waals surface area contributed by atoms with Crippen molar-refractivity contribution in [1.82, 2.24) is 15.3 Å². The van der Waals surface area contributed by atoms with Crippen molar-refractivity contribution < 1.29 is 4.74 Å². The predicted octanol–water partition coefficient (Wildman–Crippen LogP) is 0.622. The predicted molar refractivity (Wildman–Crippen MR) is 70.0 cm³/mol. The van der Waals surface area contributed by atoms with Gasteiger partial charge < -0.3 is 9.64 Å². The summed E-state index contributed by atoms with van der Waals surface area (Å²) in [5, 5.41) is 4.73. The molecule has 0 spiro atoms. The highest BCUT2D eigenvalue weighted by atomic mass is 32.1. The minimum atomic E-state index is 0.638. The Morgan fingerprint density at radius 3 is 2.82 bits per heavy atom. The number of hydrazone groups is 1. The van der Waals surface area contributed by atoms with Gasteiger partial charge in [0, 0.05) is 25.5 Å². The molecule has 1 N–H and O–H groups in total. The Bertz CT molecular complexity index is 390. The Hall–Kier alpha value is -1.53. The van der Waals surface area contributed by atoms with Crippen LogP contribution in [0.25, 0.3) is 0 Å². The van der Waals surface area contributed by atoms with Gasteiger partial charge in [-0.3, -0.25) is 10.4 Å². The molecule has 17 heavy (non-hydrogen) atoms. The topological polar surface area (TPSA) is 49.8 Å². The summed E-state index contributed by atoms with van der Waals surface area (Å²) in [7, 11) is 0. The van der Waals surface area contributed by atoms with Crippen LogP contribution in [0, 0.1) is 0 Å². The zero-order chi connectivity index (χ0) is 11.9. The molecule has 0 aromatic carbocycles. The van der Waals surface area contributed by atoms with E-state index in [4.69, 9.17) is 17.0 Å². The van der Waals surface area contributed by atoms with Gasteiger partial charge in [0.1, 0.15) is 0 Å². The molecule has 2 rings (SSSR count). The van der Waals surface area contributed by atoms with Crippen molar-refractivity contribution >= 4 is 23.5 Å². The van der Waals surface area contributed by atoms with Crippen LogP contribution in [-0.2, 0) is 4.74 Å². The van der Waals surface area contributed by atoms with E-state index in [9.17, 15) is 0 Å². The number of aromatic nitrogens is 1. The normalized spacial score (nSPS) is 16.1. The SMILES string of the molecule is S=C(NN=Cc1ccncc1)N1CCOCC1. The molecule has 1 saturated heterocycles. The number of ether oxygens (including phenoxy) is 1. The number of hydrogen-bond acceptors (Lipinski definition) is 4. The fraction of sp³-hybridized carbons (Fsp3) is 0.364. The van der Waals surface area contributed by atoms with Crippen LogP contribution in [-0.4, -0.2) is 47.5 Å². The minimum Gasteiger partial charge on any atom is -0.378 e. The molecular weight excluding hydrogens is 236 g/mol. The van der Waals surface area contributed by atoms with Crippen molar-refractivity contribution in [2.24, 2.45) is 5.10 Å². The van der Waals surface area contributed by atoms with Crippen LogP contribution in [0.1, 0.15) is 5.56 Å². The Morgan fingerprint density at radius 2 is 2.12 bits per heavy atom. The third kappa shape index (κ3) is 3.76. The Balaban J connectivity index is 1.81. The lowest BCUT2D eigenvalue weighted by Gasteiger charge is -2.28. The fourth-order valence-electron chi connectivity index (χ4n) is 1.45. The van der Waals surface area contributed by atoms with E-state index >= 15 is 0 Å². The summed E-state index contributed by atoms with van der Waals surface area (Å²) in [5.41, 5.74) is 3.84. The molecule has 1 aliphatic heterocycles. The molecule has 0 bridgehead atoms. The molecule has 0 radical (unpaired) electrons. The third-order valence-corrected chi connectivity index (χ3v) is 2.73. The number of nitrogens with zero attached hydrogens (tertiary/aromatic N) is 3. The van der Waals surface area contributed by atoms with Gasteiger partial charge in [-0.15, -0.1) is 0 Å². The molecule has 1 aliphatic rings. The smallest absolute Gasteiger partial charge is 0.189 e. The van der Waals surface area contributed by atoms with Crippen LogP contribution >= 0.6 is 12.2 Å². The van der Waals surface area contributed by atoms with Crippen LogP contribution in [0.4, 0.5) is 0 Å². The first-order valence-corrected chi connectivity index (χ1v) is 5.83. The van der Waals surface area contributed by atoms with Crippen molar-refractivity contribution in [3.63, 3.8) is 0 Å². The van der Waals surface area contributed by atoms with Crippen molar-refractivity contribution in [1.29, 1.82) is 0 Å². The summed E-state index contributed by atoms with van der Waals surface area (Å²) in [6.45, 7) is 3.07. The molecule has 5 nitrogen and oxygen atoms in total. The Labute approximate surface area is 105 Å². The second-order valence-corrected chi connectivity index (χ2v) is 3.94. The van der Waals surface area contributed by atoms with Gasteiger partial charge in [0.25, 0.3) is 0 Å². The first-order chi connectivity index (χ1) is 8.36. The Kier molecular flexibility index (Phi) is 4.40. The van der Waals surface area contributed by atoms with E-state index in [1.807, 2.05) is 17.0 Å². The van der Waals surface area contributed by atoms with Crippen molar-refractivity contribution in [3.05, 3.63) is 30.1 Å². The second-order valence-electron chi connectivity index (χ2n) is 3.56. The average Bonchev–Trinajstić information content (AvgIpc) is 2.41. The first-order valence-electron chi connectivity index (χ1n) is 5.42. The molecule has 0 unspecified atom stereocenters. The lowest BCUT2D eigenvalue weighted by atomic mass is 10.3. The summed E-state index contributed by atoms with van der Waals surface area (Å²) >= 11 is 5.22. The van der Waals surface area contributed by atoms with E-state index in [1.54, 1.807) is 18.6 Å². The van der Waals surface area contributed by atoms with Gasteiger partial charge in [-0.1, -0.05) is 0 Å². The summed E-state index contributed by atoms with van der Waals surface area (Å²) in [6.07, 6.45) is 5.16. The van der Waals surface area contributed by atoms with Crippen LogP contribution < -0.4 is 5.43 Å². The molecule has 0 atom stereocenters. The van der Waals surface area contributed by atoms with Gasteiger partial charge >= 0.3 is 0 Å². The van der Waals surface area contributed by atoms with E-state index in [0.29, 0.717) is 5.11 Å². The number of morpholine rings is 1. The molecule has 1 aromatic rings. The van der Waals surface area contributed by atoms with E-state index in [0.717, 1.165) is 31.9 Å². The maximum absolute atomic E-state index is 5.25. The molecule has 0 saturated carbocycles. The molecular formula is C11H14N4OS. The number of nitrogens with one attached hydrogen (secondary N) is 1. The van der Waals surface area contributed by atoms with Gasteiger partial charge in [0.15, 0.2) is 5.11 Å². The van der Waals surface area contributed by atoms with Gasteiger partial charge in [-0.05, 0) is 29.9 Å². The Morgan fingerprint density at radius 1 is 1.41 bits per heavy atom. The number of hydrogen-bond donors (Lipinski definition) is 1. The van der Waals surface area contributed by atoms with Gasteiger partial charge in [0.2, 0.25) is 0 Å². The largest absolute Gasteiger partial charge is 0.378 e. The van der Waals surface area contributed by atoms with E-state index in [2.05, 4.69) is 15.5 Å². The first kappa shape index (κ1) is 11.9. The third-order valence-electron chi connectivity index (χ3n) is 2.38. The molecule has 6 heteroatoms. The van der Waals surface area contributed by atoms with Crippen LogP contribution in [0.3, 0.4) is 0 Å². The van der Waals surface area contributed by atoms with Crippen LogP contribution in [0.15, 0.2) is 29.6 Å². The van der Waals surface area contributed by atoms with E-state index in [-0.39, 0.29) is 0 Å². The zero-order valence-electron chi connectivity index (χ0n) is 9.37. The monoisotopic (exact) mass is 250 g/mol. The standard InChI is InChI=1S/C11H14N4OS/c17-11(15-5-7-16-8-6-15)14-13-9-10-1-3-12-4-2-10/h1-4,9H,5-8H2,(H,14,17). The number of rotatable bonds is 2. The molecule has 1 fully saturated rings. The van der Waals surface area contributed by atoms with Crippen LogP contribution in [0.5, 0.6) is 0 Å². The highest BCUT2D eigenvalue weighted by Crippen LogP contribution is 1.97. The second kappa shape index (κ2) is 6.27. The van der Waals surface area contributed by atoms with E-state index in [1.165, 1.54) is 0 Å². The highest BCUT2D eigenvalue weighted by molar-refractivity contribution is 7.80. The number of pyridine rings is 1. The van der Waals surface area contributed by atoms with Crippen molar-refractivity contribution in [2.75, 3.05) is 26.3 Å². The summed E-state index contributed by atoms with van der Waals surface area (Å²) in [5.74, 6) is 0. The van der Waals surface area contributed by atoms with Crippen molar-refractivity contribution in [2.45, 2.75) is 0 Å². The van der Waals surface area contributed by atoms with Gasteiger partial charge in [0.05, 0.1) is 19.4 Å². The summed E-state index contributed by atoms with van der Waals surface area (Å²) in [6, 6.07) is 3.76. The number of thiocarbonyl (C=S) groups is 1. The maximum atomic E-state index is 5.25. The summed E-state index contributed by atoms with van der Waals surface area (Å²) < 4.78 is 5.25. The lowest BCUT2D eigenvalue weighted by Crippen LogP contribution is -2.44. The zero-order valence-corrected chi connectivity index (χ0v) is 10.2. The minimum absolute atomic E-state index is 0.638. The van der Waals surface area contributed by atoms with Gasteiger partial charge in [-0.25, -0.2) is 0 Å². The quantitative estimate of drug-likeness (QED) is 0.474. The lowest BCUT2D eigenvalue weighted by molar-refractivity contribution is 0.0677. The highest BCUT2D eigenvalue weighted by Gasteiger charge is 2.12. The summed E-state index contributed by atoms with van der Waals surface area (Å²) in [4.78, 5) is 5.98. The maximum Gasteiger partial charge on any atom is 0.189 e. The molecule has 1 aromatic heterocycles. The fourth-order valence-corrected chi connectivity index (χ4v) is 1.68. The van der Waals surface area contributed by atoms with E-state index < -0.39 is 0 Å². The van der Waals surface area contributed by atoms with Crippen molar-refractivity contribution in [3.8, 4) is 0 Å².